The summed E-state index contributed by atoms with van der Waals surface area (Å²) in [6.45, 7) is 3.43. The zero-order chi connectivity index (χ0) is 18.2. The lowest BCUT2D eigenvalue weighted by Crippen LogP contribution is -2.35. The third-order valence-corrected chi connectivity index (χ3v) is 4.06. The molecule has 5 heteroatoms. The Morgan fingerprint density at radius 3 is 2.68 bits per heavy atom. The molecule has 0 aliphatic rings. The smallest absolute Gasteiger partial charge is 0.234 e. The number of hydrogen-bond donors (Lipinski definition) is 1. The second-order valence-electron chi connectivity index (χ2n) is 6.17. The molecule has 0 atom stereocenters. The summed E-state index contributed by atoms with van der Waals surface area (Å²) in [4.78, 5) is 13.9. The first-order valence-corrected chi connectivity index (χ1v) is 8.31. The number of halogens is 1. The van der Waals surface area contributed by atoms with E-state index >= 15 is 0 Å². The Hall–Kier alpha value is -2.40. The highest BCUT2D eigenvalue weighted by Gasteiger charge is 2.09. The van der Waals surface area contributed by atoms with Gasteiger partial charge in [0.15, 0.2) is 11.6 Å². The lowest BCUT2D eigenvalue weighted by molar-refractivity contribution is -0.122. The number of likely N-dealkylation sites (N-methyl/N-ethyl adjacent to an activating group) is 1. The summed E-state index contributed by atoms with van der Waals surface area (Å²) >= 11 is 0. The SMILES string of the molecule is COc1ccc(CN(C)CC(=O)NCCc2ccccc2C)cc1F. The van der Waals surface area contributed by atoms with E-state index in [1.165, 1.54) is 24.3 Å². The van der Waals surface area contributed by atoms with E-state index < -0.39 is 5.82 Å². The summed E-state index contributed by atoms with van der Waals surface area (Å²) in [7, 11) is 3.27. The highest BCUT2D eigenvalue weighted by molar-refractivity contribution is 5.77. The molecule has 134 valence electrons. The van der Waals surface area contributed by atoms with Crippen LogP contribution in [0.5, 0.6) is 5.75 Å². The van der Waals surface area contributed by atoms with Crippen LogP contribution in [0.3, 0.4) is 0 Å². The van der Waals surface area contributed by atoms with Crippen LogP contribution in [-0.2, 0) is 17.8 Å². The van der Waals surface area contributed by atoms with Crippen molar-refractivity contribution in [1.82, 2.24) is 10.2 Å². The van der Waals surface area contributed by atoms with Crippen LogP contribution in [0, 0.1) is 12.7 Å². The fourth-order valence-corrected chi connectivity index (χ4v) is 2.70. The first-order valence-electron chi connectivity index (χ1n) is 8.31. The molecule has 0 saturated carbocycles. The number of methoxy groups -OCH3 is 1. The van der Waals surface area contributed by atoms with E-state index in [0.29, 0.717) is 13.1 Å². The Morgan fingerprint density at radius 2 is 2.00 bits per heavy atom. The number of carbonyl (C=O) groups excluding carboxylic acids is 1. The second-order valence-corrected chi connectivity index (χ2v) is 6.17. The van der Waals surface area contributed by atoms with Crippen LogP contribution in [0.1, 0.15) is 16.7 Å². The molecular weight excluding hydrogens is 319 g/mol. The minimum atomic E-state index is -0.393. The molecule has 4 nitrogen and oxygen atoms in total. The standard InChI is InChI=1S/C20H25FN2O2/c1-15-6-4-5-7-17(15)10-11-22-20(24)14-23(2)13-16-8-9-19(25-3)18(21)12-16/h4-9,12H,10-11,13-14H2,1-3H3,(H,22,24). The first kappa shape index (κ1) is 18.9. The Morgan fingerprint density at radius 1 is 1.24 bits per heavy atom. The largest absolute Gasteiger partial charge is 0.494 e. The normalized spacial score (nSPS) is 10.8. The number of hydrogen-bond acceptors (Lipinski definition) is 3. The number of amides is 1. The molecule has 2 aromatic carbocycles. The number of nitrogens with one attached hydrogen (secondary N) is 1. The monoisotopic (exact) mass is 344 g/mol. The van der Waals surface area contributed by atoms with Crippen LogP contribution in [0.4, 0.5) is 4.39 Å². The molecule has 2 aromatic rings. The van der Waals surface area contributed by atoms with E-state index in [1.807, 2.05) is 24.1 Å². The topological polar surface area (TPSA) is 41.6 Å². The maximum absolute atomic E-state index is 13.7. The van der Waals surface area contributed by atoms with Crippen molar-refractivity contribution in [3.63, 3.8) is 0 Å². The third kappa shape index (κ3) is 5.87. The molecule has 0 aliphatic heterocycles. The lowest BCUT2D eigenvalue weighted by atomic mass is 10.1. The molecule has 0 bridgehead atoms. The summed E-state index contributed by atoms with van der Waals surface area (Å²) in [6, 6.07) is 13.0. The van der Waals surface area contributed by atoms with E-state index in [9.17, 15) is 9.18 Å². The molecule has 2 rings (SSSR count). The predicted molar refractivity (Wildman–Crippen MR) is 97.2 cm³/mol. The molecule has 25 heavy (non-hydrogen) atoms. The minimum Gasteiger partial charge on any atom is -0.494 e. The van der Waals surface area contributed by atoms with Gasteiger partial charge in [0, 0.05) is 13.1 Å². The molecule has 0 aromatic heterocycles. The van der Waals surface area contributed by atoms with Crippen LogP contribution < -0.4 is 10.1 Å². The number of rotatable bonds is 8. The number of ether oxygens (including phenoxy) is 1. The zero-order valence-corrected chi connectivity index (χ0v) is 15.0. The van der Waals surface area contributed by atoms with Crippen LogP contribution >= 0.6 is 0 Å². The Labute approximate surface area is 148 Å². The molecule has 0 heterocycles. The van der Waals surface area contributed by atoms with Crippen molar-refractivity contribution in [2.24, 2.45) is 0 Å². The van der Waals surface area contributed by atoms with E-state index in [-0.39, 0.29) is 18.2 Å². The number of benzene rings is 2. The lowest BCUT2D eigenvalue weighted by Gasteiger charge is -2.17. The van der Waals surface area contributed by atoms with Gasteiger partial charge in [-0.2, -0.15) is 0 Å². The molecule has 0 fully saturated rings. The van der Waals surface area contributed by atoms with Crippen molar-refractivity contribution >= 4 is 5.91 Å². The van der Waals surface area contributed by atoms with Gasteiger partial charge in [0.2, 0.25) is 5.91 Å². The van der Waals surface area contributed by atoms with Crippen LogP contribution in [0.15, 0.2) is 42.5 Å². The van der Waals surface area contributed by atoms with Gasteiger partial charge in [0.05, 0.1) is 13.7 Å². The summed E-state index contributed by atoms with van der Waals surface area (Å²) in [5, 5.41) is 2.93. The number of aryl methyl sites for hydroxylation is 1. The molecule has 0 saturated heterocycles. The highest BCUT2D eigenvalue weighted by atomic mass is 19.1. The Balaban J connectivity index is 1.76. The fraction of sp³-hybridized carbons (Fsp3) is 0.350. The van der Waals surface area contributed by atoms with Gasteiger partial charge in [-0.1, -0.05) is 30.3 Å². The van der Waals surface area contributed by atoms with Crippen molar-refractivity contribution in [1.29, 1.82) is 0 Å². The molecular formula is C20H25FN2O2. The highest BCUT2D eigenvalue weighted by Crippen LogP contribution is 2.18. The average molecular weight is 344 g/mol. The average Bonchev–Trinajstić information content (AvgIpc) is 2.56. The molecule has 1 amide bonds. The molecule has 1 N–H and O–H groups in total. The van der Waals surface area contributed by atoms with E-state index in [4.69, 9.17) is 4.74 Å². The van der Waals surface area contributed by atoms with Gasteiger partial charge in [-0.3, -0.25) is 9.69 Å². The molecule has 0 radical (unpaired) electrons. The van der Waals surface area contributed by atoms with E-state index in [2.05, 4.69) is 24.4 Å². The van der Waals surface area contributed by atoms with Gasteiger partial charge < -0.3 is 10.1 Å². The Kier molecular flexibility index (Phi) is 6.95. The number of nitrogens with zero attached hydrogens (tertiary/aromatic N) is 1. The van der Waals surface area contributed by atoms with Gasteiger partial charge in [0.25, 0.3) is 0 Å². The van der Waals surface area contributed by atoms with E-state index in [0.717, 1.165) is 12.0 Å². The maximum atomic E-state index is 13.7. The fourth-order valence-electron chi connectivity index (χ4n) is 2.70. The van der Waals surface area contributed by atoms with Gasteiger partial charge in [-0.15, -0.1) is 0 Å². The van der Waals surface area contributed by atoms with Crippen LogP contribution in [-0.4, -0.2) is 38.1 Å². The van der Waals surface area contributed by atoms with Crippen molar-refractivity contribution < 1.29 is 13.9 Å². The third-order valence-electron chi connectivity index (χ3n) is 4.06. The van der Waals surface area contributed by atoms with Crippen molar-refractivity contribution in [3.05, 3.63) is 65.0 Å². The molecule has 0 unspecified atom stereocenters. The number of carbonyl (C=O) groups is 1. The quantitative estimate of drug-likeness (QED) is 0.801. The van der Waals surface area contributed by atoms with Gasteiger partial charge in [-0.05, 0) is 49.2 Å². The Bertz CT molecular complexity index is 719. The molecule has 0 spiro atoms. The zero-order valence-electron chi connectivity index (χ0n) is 15.0. The van der Waals surface area contributed by atoms with Crippen molar-refractivity contribution in [3.8, 4) is 5.75 Å². The summed E-state index contributed by atoms with van der Waals surface area (Å²) in [5.74, 6) is -0.207. The summed E-state index contributed by atoms with van der Waals surface area (Å²) in [5.41, 5.74) is 3.27. The van der Waals surface area contributed by atoms with Crippen molar-refractivity contribution in [2.75, 3.05) is 27.2 Å². The van der Waals surface area contributed by atoms with Crippen LogP contribution in [0.25, 0.3) is 0 Å². The summed E-state index contributed by atoms with van der Waals surface area (Å²) < 4.78 is 18.6. The molecule has 0 aliphatic carbocycles. The summed E-state index contributed by atoms with van der Waals surface area (Å²) in [6.07, 6.45) is 0.811. The van der Waals surface area contributed by atoms with Crippen molar-refractivity contribution in [2.45, 2.75) is 19.9 Å². The predicted octanol–water partition coefficient (Wildman–Crippen LogP) is 2.93. The van der Waals surface area contributed by atoms with E-state index in [1.54, 1.807) is 12.1 Å². The second kappa shape index (κ2) is 9.18. The first-order chi connectivity index (χ1) is 12.0. The van der Waals surface area contributed by atoms with Gasteiger partial charge >= 0.3 is 0 Å². The van der Waals surface area contributed by atoms with Crippen LogP contribution in [0.2, 0.25) is 0 Å². The van der Waals surface area contributed by atoms with Gasteiger partial charge in [0.1, 0.15) is 0 Å². The van der Waals surface area contributed by atoms with Gasteiger partial charge in [-0.25, -0.2) is 4.39 Å². The minimum absolute atomic E-state index is 0.0370. The maximum Gasteiger partial charge on any atom is 0.234 e.